The van der Waals surface area contributed by atoms with Gasteiger partial charge in [-0.25, -0.2) is 0 Å². The Labute approximate surface area is 172 Å². The van der Waals surface area contributed by atoms with E-state index in [-0.39, 0.29) is 11.9 Å². The van der Waals surface area contributed by atoms with Gasteiger partial charge in [-0.3, -0.25) is 9.69 Å². The molecule has 1 saturated heterocycles. The minimum absolute atomic E-state index is 0.0737. The molecule has 0 aliphatic carbocycles. The van der Waals surface area contributed by atoms with Crippen LogP contribution in [0, 0.1) is 0 Å². The van der Waals surface area contributed by atoms with Crippen molar-refractivity contribution in [3.05, 3.63) is 100 Å². The monoisotopic (exact) mass is 401 g/mol. The normalized spacial score (nSPS) is 17.4. The van der Waals surface area contributed by atoms with E-state index in [2.05, 4.69) is 0 Å². The third-order valence-corrected chi connectivity index (χ3v) is 6.16. The molecule has 2 aliphatic rings. The first-order valence-electron chi connectivity index (χ1n) is 8.90. The van der Waals surface area contributed by atoms with Gasteiger partial charge in [-0.15, -0.1) is 0 Å². The molecule has 0 atom stereocenters. The van der Waals surface area contributed by atoms with Gasteiger partial charge in [0.2, 0.25) is 0 Å². The van der Waals surface area contributed by atoms with E-state index in [0.29, 0.717) is 9.23 Å². The zero-order valence-corrected chi connectivity index (χ0v) is 16.4. The van der Waals surface area contributed by atoms with E-state index >= 15 is 0 Å². The predicted octanol–water partition coefficient (Wildman–Crippen LogP) is 5.78. The number of thioether (sulfide) groups is 1. The maximum atomic E-state index is 13.3. The number of hydrogen-bond acceptors (Lipinski definition) is 4. The summed E-state index contributed by atoms with van der Waals surface area (Å²) in [6.45, 7) is 0. The van der Waals surface area contributed by atoms with Crippen LogP contribution in [0.25, 0.3) is 6.08 Å². The Morgan fingerprint density at radius 1 is 0.857 bits per heavy atom. The van der Waals surface area contributed by atoms with Crippen LogP contribution in [0.4, 0.5) is 0 Å². The van der Waals surface area contributed by atoms with Crippen LogP contribution in [-0.4, -0.2) is 15.1 Å². The molecule has 0 saturated carbocycles. The first kappa shape index (κ1) is 17.2. The first-order chi connectivity index (χ1) is 13.7. The van der Waals surface area contributed by atoms with Crippen LogP contribution >= 0.6 is 24.0 Å². The summed E-state index contributed by atoms with van der Waals surface area (Å²) in [5, 5.41) is 0. The average Bonchev–Trinajstić information content (AvgIpc) is 3.00. The summed E-state index contributed by atoms with van der Waals surface area (Å²) in [5.74, 6) is 1.44. The second-order valence-electron chi connectivity index (χ2n) is 6.54. The second kappa shape index (κ2) is 6.93. The Balaban J connectivity index is 1.61. The number of rotatable bonds is 2. The second-order valence-corrected chi connectivity index (χ2v) is 8.22. The topological polar surface area (TPSA) is 29.5 Å². The van der Waals surface area contributed by atoms with Crippen LogP contribution in [0.2, 0.25) is 0 Å². The molecule has 0 bridgehead atoms. The zero-order valence-electron chi connectivity index (χ0n) is 14.7. The van der Waals surface area contributed by atoms with Gasteiger partial charge in [0.25, 0.3) is 5.91 Å². The number of ether oxygens (including phenoxy) is 1. The van der Waals surface area contributed by atoms with E-state index < -0.39 is 0 Å². The van der Waals surface area contributed by atoms with Crippen molar-refractivity contribution in [3.63, 3.8) is 0 Å². The van der Waals surface area contributed by atoms with Gasteiger partial charge in [0.1, 0.15) is 15.8 Å². The lowest BCUT2D eigenvalue weighted by molar-refractivity contribution is -0.123. The number of thiocarbonyl (C=S) groups is 1. The Morgan fingerprint density at radius 3 is 2.07 bits per heavy atom. The molecule has 28 heavy (non-hydrogen) atoms. The molecule has 136 valence electrons. The number of para-hydroxylation sites is 2. The van der Waals surface area contributed by atoms with Crippen molar-refractivity contribution in [2.24, 2.45) is 0 Å². The fraction of sp³-hybridized carbons (Fsp3) is 0.0435. The smallest absolute Gasteiger partial charge is 0.267 e. The van der Waals surface area contributed by atoms with Crippen molar-refractivity contribution in [2.75, 3.05) is 0 Å². The summed E-state index contributed by atoms with van der Waals surface area (Å²) in [7, 11) is 0. The van der Waals surface area contributed by atoms with Crippen molar-refractivity contribution in [1.82, 2.24) is 4.90 Å². The third kappa shape index (κ3) is 2.84. The molecule has 2 aliphatic heterocycles. The SMILES string of the molecule is O=C1C(=Cc2ccccc2)SC(=S)N1C1c2ccccc2Oc2ccccc21. The number of fused-ring (bicyclic) bond motifs is 2. The van der Waals surface area contributed by atoms with Gasteiger partial charge >= 0.3 is 0 Å². The molecule has 0 unspecified atom stereocenters. The lowest BCUT2D eigenvalue weighted by atomic mass is 9.93. The van der Waals surface area contributed by atoms with Gasteiger partial charge < -0.3 is 4.74 Å². The van der Waals surface area contributed by atoms with Gasteiger partial charge in [-0.1, -0.05) is 90.7 Å². The van der Waals surface area contributed by atoms with Gasteiger partial charge in [0, 0.05) is 11.1 Å². The summed E-state index contributed by atoms with van der Waals surface area (Å²) in [6, 6.07) is 25.2. The fourth-order valence-electron chi connectivity index (χ4n) is 3.57. The summed E-state index contributed by atoms with van der Waals surface area (Å²) in [5.41, 5.74) is 2.87. The predicted molar refractivity (Wildman–Crippen MR) is 116 cm³/mol. The zero-order chi connectivity index (χ0) is 19.1. The lowest BCUT2D eigenvalue weighted by Crippen LogP contribution is -2.34. The van der Waals surface area contributed by atoms with E-state index in [1.165, 1.54) is 11.8 Å². The van der Waals surface area contributed by atoms with Crippen molar-refractivity contribution >= 4 is 40.3 Å². The average molecular weight is 402 g/mol. The highest BCUT2D eigenvalue weighted by Crippen LogP contribution is 2.49. The molecule has 1 amide bonds. The molecule has 3 aromatic rings. The van der Waals surface area contributed by atoms with Crippen molar-refractivity contribution in [3.8, 4) is 11.5 Å². The molecular formula is C23H15NO2S2. The molecule has 0 N–H and O–H groups in total. The molecule has 0 aromatic heterocycles. The minimum atomic E-state index is -0.296. The highest BCUT2D eigenvalue weighted by atomic mass is 32.2. The van der Waals surface area contributed by atoms with Crippen LogP contribution in [0.1, 0.15) is 22.7 Å². The van der Waals surface area contributed by atoms with Crippen molar-refractivity contribution in [1.29, 1.82) is 0 Å². The molecule has 0 spiro atoms. The van der Waals surface area contributed by atoms with Crippen LogP contribution in [-0.2, 0) is 4.79 Å². The largest absolute Gasteiger partial charge is 0.457 e. The van der Waals surface area contributed by atoms with Crippen LogP contribution in [0.3, 0.4) is 0 Å². The third-order valence-electron chi connectivity index (χ3n) is 4.83. The summed E-state index contributed by atoms with van der Waals surface area (Å²) in [4.78, 5) is 15.7. The highest BCUT2D eigenvalue weighted by molar-refractivity contribution is 8.26. The Bertz CT molecular complexity index is 1080. The van der Waals surface area contributed by atoms with E-state index in [4.69, 9.17) is 17.0 Å². The van der Waals surface area contributed by atoms with Crippen LogP contribution in [0.5, 0.6) is 11.5 Å². The van der Waals surface area contributed by atoms with Gasteiger partial charge in [-0.2, -0.15) is 0 Å². The number of carbonyl (C=O) groups excluding carboxylic acids is 1. The standard InChI is InChI=1S/C23H15NO2S2/c25-22-20(14-15-8-2-1-3-9-15)28-23(27)24(22)21-16-10-4-6-12-18(16)26-19-13-7-5-11-17(19)21/h1-14,21H. The summed E-state index contributed by atoms with van der Waals surface area (Å²) in [6.07, 6.45) is 1.90. The lowest BCUT2D eigenvalue weighted by Gasteiger charge is -2.33. The minimum Gasteiger partial charge on any atom is -0.457 e. The van der Waals surface area contributed by atoms with Crippen LogP contribution in [0.15, 0.2) is 83.8 Å². The molecule has 2 heterocycles. The van der Waals surface area contributed by atoms with E-state index in [1.54, 1.807) is 4.90 Å². The van der Waals surface area contributed by atoms with Gasteiger partial charge in [-0.05, 0) is 23.8 Å². The quantitative estimate of drug-likeness (QED) is 0.402. The Kier molecular flexibility index (Phi) is 4.26. The first-order valence-corrected chi connectivity index (χ1v) is 10.1. The number of hydrogen-bond donors (Lipinski definition) is 0. The Morgan fingerprint density at radius 2 is 1.43 bits per heavy atom. The Hall–Kier alpha value is -2.89. The molecular weight excluding hydrogens is 386 g/mol. The molecule has 3 aromatic carbocycles. The van der Waals surface area contributed by atoms with Crippen molar-refractivity contribution < 1.29 is 9.53 Å². The van der Waals surface area contributed by atoms with Gasteiger partial charge in [0.15, 0.2) is 0 Å². The van der Waals surface area contributed by atoms with E-state index in [9.17, 15) is 4.79 Å². The molecule has 0 radical (unpaired) electrons. The molecule has 5 rings (SSSR count). The summed E-state index contributed by atoms with van der Waals surface area (Å²) >= 11 is 6.98. The summed E-state index contributed by atoms with van der Waals surface area (Å²) < 4.78 is 6.62. The number of benzene rings is 3. The van der Waals surface area contributed by atoms with Crippen molar-refractivity contribution in [2.45, 2.75) is 6.04 Å². The van der Waals surface area contributed by atoms with Crippen LogP contribution < -0.4 is 4.74 Å². The maximum Gasteiger partial charge on any atom is 0.267 e. The number of nitrogens with zero attached hydrogens (tertiary/aromatic N) is 1. The molecule has 3 nitrogen and oxygen atoms in total. The van der Waals surface area contributed by atoms with Gasteiger partial charge in [0.05, 0.1) is 10.9 Å². The molecule has 1 fully saturated rings. The highest BCUT2D eigenvalue weighted by Gasteiger charge is 2.42. The van der Waals surface area contributed by atoms with E-state index in [1.807, 2.05) is 84.9 Å². The number of amides is 1. The molecule has 5 heteroatoms. The number of carbonyl (C=O) groups is 1. The fourth-order valence-corrected chi connectivity index (χ4v) is 4.88. The van der Waals surface area contributed by atoms with E-state index in [0.717, 1.165) is 28.2 Å². The maximum absolute atomic E-state index is 13.3.